The van der Waals surface area contributed by atoms with Crippen molar-refractivity contribution >= 4 is 63.9 Å². The van der Waals surface area contributed by atoms with E-state index in [0.717, 1.165) is 27.1 Å². The number of benzene rings is 3. The van der Waals surface area contributed by atoms with Crippen molar-refractivity contribution in [1.29, 1.82) is 0 Å². The van der Waals surface area contributed by atoms with E-state index in [-0.39, 0.29) is 11.4 Å². The van der Waals surface area contributed by atoms with Crippen molar-refractivity contribution in [2.24, 2.45) is 0 Å². The Morgan fingerprint density at radius 3 is 2.63 bits per heavy atom. The van der Waals surface area contributed by atoms with Gasteiger partial charge in [0.05, 0.1) is 4.91 Å². The van der Waals surface area contributed by atoms with E-state index in [0.29, 0.717) is 28.6 Å². The number of hydrogen-bond acceptors (Lipinski definition) is 6. The monoisotopic (exact) mass is 524 g/mol. The summed E-state index contributed by atoms with van der Waals surface area (Å²) in [7, 11) is 0. The number of rotatable bonds is 8. The Morgan fingerprint density at radius 1 is 1.09 bits per heavy atom. The Bertz CT molecular complexity index is 1290. The number of para-hydroxylation sites is 1. The van der Waals surface area contributed by atoms with Gasteiger partial charge in [0, 0.05) is 21.2 Å². The third-order valence-corrected chi connectivity index (χ3v) is 6.93. The van der Waals surface area contributed by atoms with Gasteiger partial charge in [0.1, 0.15) is 18.9 Å². The van der Waals surface area contributed by atoms with Crippen molar-refractivity contribution in [2.75, 3.05) is 18.1 Å². The molecule has 178 valence electrons. The van der Waals surface area contributed by atoms with Crippen LogP contribution in [0.5, 0.6) is 5.75 Å². The summed E-state index contributed by atoms with van der Waals surface area (Å²) in [5, 5.41) is 2.89. The second-order valence-electron chi connectivity index (χ2n) is 7.50. The summed E-state index contributed by atoms with van der Waals surface area (Å²) in [5.41, 5.74) is 2.21. The van der Waals surface area contributed by atoms with Gasteiger partial charge in [-0.05, 0) is 66.1 Å². The van der Waals surface area contributed by atoms with Gasteiger partial charge in [0.15, 0.2) is 0 Å². The Morgan fingerprint density at radius 2 is 1.86 bits per heavy atom. The fourth-order valence-electron chi connectivity index (χ4n) is 3.30. The van der Waals surface area contributed by atoms with Crippen LogP contribution in [-0.2, 0) is 16.2 Å². The fraction of sp³-hybridized carbons (Fsp3) is 0.115. The first kappa shape index (κ1) is 24.9. The molecule has 0 aliphatic carbocycles. The first-order chi connectivity index (χ1) is 16.9. The molecule has 0 radical (unpaired) electrons. The molecular formula is C26H21ClN2O4S2. The van der Waals surface area contributed by atoms with Crippen molar-refractivity contribution in [1.82, 2.24) is 4.90 Å². The molecule has 1 N–H and O–H groups in total. The van der Waals surface area contributed by atoms with Gasteiger partial charge in [-0.2, -0.15) is 0 Å². The topological polar surface area (TPSA) is 75.7 Å². The van der Waals surface area contributed by atoms with E-state index in [9.17, 15) is 14.4 Å². The van der Waals surface area contributed by atoms with Crippen molar-refractivity contribution < 1.29 is 19.1 Å². The van der Waals surface area contributed by atoms with Crippen LogP contribution < -0.4 is 10.1 Å². The van der Waals surface area contributed by atoms with Crippen LogP contribution in [-0.4, -0.2) is 34.8 Å². The highest BCUT2D eigenvalue weighted by atomic mass is 35.5. The van der Waals surface area contributed by atoms with Crippen LogP contribution in [0.25, 0.3) is 6.08 Å². The molecule has 0 aromatic heterocycles. The smallest absolute Gasteiger partial charge is 0.294 e. The quantitative estimate of drug-likeness (QED) is 0.274. The van der Waals surface area contributed by atoms with Crippen molar-refractivity contribution in [3.8, 4) is 5.75 Å². The lowest BCUT2D eigenvalue weighted by molar-refractivity contribution is -0.127. The Balaban J connectivity index is 1.43. The van der Waals surface area contributed by atoms with E-state index in [1.807, 2.05) is 48.7 Å². The van der Waals surface area contributed by atoms with Gasteiger partial charge < -0.3 is 10.1 Å². The molecule has 1 heterocycles. The SMILES string of the molecule is CSc1cccc(NC(=O)CN2C(=O)S/C(=C/c3ccccc3OCc3ccc(Cl)cc3)C2=O)c1. The fourth-order valence-corrected chi connectivity index (χ4v) is 4.71. The molecule has 1 aliphatic rings. The van der Waals surface area contributed by atoms with Gasteiger partial charge in [0.25, 0.3) is 11.1 Å². The zero-order valence-corrected chi connectivity index (χ0v) is 21.1. The summed E-state index contributed by atoms with van der Waals surface area (Å²) in [4.78, 5) is 40.1. The number of imide groups is 1. The second kappa shape index (κ2) is 11.5. The highest BCUT2D eigenvalue weighted by Gasteiger charge is 2.36. The molecule has 0 spiro atoms. The zero-order chi connectivity index (χ0) is 24.8. The van der Waals surface area contributed by atoms with E-state index >= 15 is 0 Å². The summed E-state index contributed by atoms with van der Waals surface area (Å²) in [6, 6.07) is 21.9. The standard InChI is InChI=1S/C26H21ClN2O4S2/c1-34-21-7-4-6-20(14-21)28-24(30)15-29-25(31)23(35-26(29)32)13-18-5-2-3-8-22(18)33-16-17-9-11-19(27)12-10-17/h2-14H,15-16H2,1H3,(H,28,30)/b23-13+. The van der Waals surface area contributed by atoms with Gasteiger partial charge in [-0.3, -0.25) is 19.3 Å². The summed E-state index contributed by atoms with van der Waals surface area (Å²) < 4.78 is 5.94. The van der Waals surface area contributed by atoms with E-state index in [4.69, 9.17) is 16.3 Å². The number of amides is 3. The predicted molar refractivity (Wildman–Crippen MR) is 142 cm³/mol. The number of thioether (sulfide) groups is 2. The summed E-state index contributed by atoms with van der Waals surface area (Å²) >= 11 is 8.28. The van der Waals surface area contributed by atoms with Crippen LogP contribution in [0.1, 0.15) is 11.1 Å². The summed E-state index contributed by atoms with van der Waals surface area (Å²) in [6.45, 7) is -0.0401. The minimum absolute atomic E-state index is 0.231. The molecule has 9 heteroatoms. The van der Waals surface area contributed by atoms with Gasteiger partial charge in [0.2, 0.25) is 5.91 Å². The molecular weight excluding hydrogens is 504 g/mol. The lowest BCUT2D eigenvalue weighted by Crippen LogP contribution is -2.36. The molecule has 1 saturated heterocycles. The van der Waals surface area contributed by atoms with Crippen LogP contribution in [0.4, 0.5) is 10.5 Å². The van der Waals surface area contributed by atoms with Crippen molar-refractivity contribution in [3.05, 3.63) is 93.9 Å². The van der Waals surface area contributed by atoms with Gasteiger partial charge >= 0.3 is 0 Å². The lowest BCUT2D eigenvalue weighted by atomic mass is 10.1. The van der Waals surface area contributed by atoms with E-state index in [1.165, 1.54) is 0 Å². The normalized spacial score (nSPS) is 14.5. The number of nitrogens with one attached hydrogen (secondary N) is 1. The molecule has 0 unspecified atom stereocenters. The Hall–Kier alpha value is -3.20. The zero-order valence-electron chi connectivity index (χ0n) is 18.7. The molecule has 3 aromatic carbocycles. The van der Waals surface area contributed by atoms with E-state index in [1.54, 1.807) is 48.2 Å². The molecule has 1 fully saturated rings. The lowest BCUT2D eigenvalue weighted by Gasteiger charge is -2.13. The van der Waals surface area contributed by atoms with E-state index < -0.39 is 17.1 Å². The number of hydrogen-bond donors (Lipinski definition) is 1. The molecule has 35 heavy (non-hydrogen) atoms. The molecule has 1 aliphatic heterocycles. The minimum Gasteiger partial charge on any atom is -0.488 e. The average Bonchev–Trinajstić information content (AvgIpc) is 3.11. The maximum absolute atomic E-state index is 12.9. The molecule has 3 amide bonds. The van der Waals surface area contributed by atoms with Gasteiger partial charge in [-0.15, -0.1) is 11.8 Å². The number of ether oxygens (including phenoxy) is 1. The number of halogens is 1. The minimum atomic E-state index is -0.513. The number of carbonyl (C=O) groups is 3. The molecule has 4 rings (SSSR count). The van der Waals surface area contributed by atoms with Crippen LogP contribution in [0.15, 0.2) is 82.6 Å². The highest BCUT2D eigenvalue weighted by molar-refractivity contribution is 8.18. The van der Waals surface area contributed by atoms with Crippen LogP contribution in [0.2, 0.25) is 5.02 Å². The third-order valence-electron chi connectivity index (χ3n) is 5.04. The van der Waals surface area contributed by atoms with Gasteiger partial charge in [-0.1, -0.05) is 48.0 Å². The predicted octanol–water partition coefficient (Wildman–Crippen LogP) is 6.32. The number of anilines is 1. The summed E-state index contributed by atoms with van der Waals surface area (Å²) in [6.07, 6.45) is 3.55. The molecule has 0 saturated carbocycles. The molecule has 0 atom stereocenters. The Labute approximate surface area is 216 Å². The maximum atomic E-state index is 12.9. The van der Waals surface area contributed by atoms with Crippen molar-refractivity contribution in [3.63, 3.8) is 0 Å². The summed E-state index contributed by atoms with van der Waals surface area (Å²) in [5.74, 6) is -0.389. The van der Waals surface area contributed by atoms with Crippen LogP contribution in [0.3, 0.4) is 0 Å². The number of nitrogens with zero attached hydrogens (tertiary/aromatic N) is 1. The average molecular weight is 525 g/mol. The second-order valence-corrected chi connectivity index (χ2v) is 9.81. The van der Waals surface area contributed by atoms with Crippen LogP contribution in [0, 0.1) is 0 Å². The largest absolute Gasteiger partial charge is 0.488 e. The maximum Gasteiger partial charge on any atom is 0.294 e. The Kier molecular flexibility index (Phi) is 8.17. The van der Waals surface area contributed by atoms with Crippen molar-refractivity contribution in [2.45, 2.75) is 11.5 Å². The molecule has 0 bridgehead atoms. The van der Waals surface area contributed by atoms with E-state index in [2.05, 4.69) is 5.32 Å². The first-order valence-electron chi connectivity index (χ1n) is 10.6. The van der Waals surface area contributed by atoms with Gasteiger partial charge in [-0.25, -0.2) is 0 Å². The molecule has 6 nitrogen and oxygen atoms in total. The highest BCUT2D eigenvalue weighted by Crippen LogP contribution is 2.34. The van der Waals surface area contributed by atoms with Crippen LogP contribution >= 0.6 is 35.1 Å². The molecule has 3 aromatic rings. The number of carbonyl (C=O) groups excluding carboxylic acids is 3. The first-order valence-corrected chi connectivity index (χ1v) is 13.0. The third kappa shape index (κ3) is 6.48.